The molecule has 0 spiro atoms. The van der Waals surface area contributed by atoms with Crippen LogP contribution in [0.3, 0.4) is 0 Å². The highest BCUT2D eigenvalue weighted by atomic mass is 16.5. The summed E-state index contributed by atoms with van der Waals surface area (Å²) in [7, 11) is 0. The van der Waals surface area contributed by atoms with E-state index in [9.17, 15) is 15.0 Å². The molecule has 4 nitrogen and oxygen atoms in total. The van der Waals surface area contributed by atoms with Crippen molar-refractivity contribution in [2.75, 3.05) is 6.61 Å². The molecule has 0 bridgehead atoms. The third-order valence-corrected chi connectivity index (χ3v) is 6.35. The number of esters is 1. The van der Waals surface area contributed by atoms with E-state index in [1.165, 1.54) is 44.9 Å². The summed E-state index contributed by atoms with van der Waals surface area (Å²) in [5.74, 6) is 0.248. The Morgan fingerprint density at radius 1 is 0.750 bits per heavy atom. The first-order valence-corrected chi connectivity index (χ1v) is 12.2. The summed E-state index contributed by atoms with van der Waals surface area (Å²) in [6.07, 6.45) is 12.0. The van der Waals surface area contributed by atoms with Gasteiger partial charge in [-0.3, -0.25) is 4.79 Å². The first-order chi connectivity index (χ1) is 15.5. The summed E-state index contributed by atoms with van der Waals surface area (Å²) < 4.78 is 5.49. The molecule has 176 valence electrons. The number of benzene rings is 2. The standard InChI is InChI=1S/C28H40O4/c1-3-4-5-6-7-8-9-10-11-22-32-27(31)20-21-28(2,23-12-16-25(29)17-13-23)24-14-18-26(30)19-15-24/h12-19,29-30H,3-11,20-22H2,1-2H3. The Kier molecular flexibility index (Phi) is 11.1. The highest BCUT2D eigenvalue weighted by molar-refractivity contribution is 5.69. The highest BCUT2D eigenvalue weighted by Gasteiger charge is 2.30. The predicted octanol–water partition coefficient (Wildman–Crippen LogP) is 7.26. The molecule has 0 atom stereocenters. The second-order valence-electron chi connectivity index (χ2n) is 8.97. The Morgan fingerprint density at radius 2 is 1.19 bits per heavy atom. The van der Waals surface area contributed by atoms with Gasteiger partial charge in [0.25, 0.3) is 0 Å². The van der Waals surface area contributed by atoms with E-state index in [1.54, 1.807) is 24.3 Å². The van der Waals surface area contributed by atoms with Crippen LogP contribution in [-0.2, 0) is 14.9 Å². The van der Waals surface area contributed by atoms with Crippen molar-refractivity contribution in [3.05, 3.63) is 59.7 Å². The molecule has 2 aromatic carbocycles. The number of ether oxygens (including phenoxy) is 1. The van der Waals surface area contributed by atoms with E-state index in [4.69, 9.17) is 4.74 Å². The number of phenolic OH excluding ortho intramolecular Hbond substituents is 2. The van der Waals surface area contributed by atoms with Gasteiger partial charge in [0.1, 0.15) is 11.5 Å². The molecular formula is C28H40O4. The van der Waals surface area contributed by atoms with Gasteiger partial charge >= 0.3 is 5.97 Å². The molecule has 0 aliphatic rings. The molecule has 0 aromatic heterocycles. The van der Waals surface area contributed by atoms with E-state index < -0.39 is 5.41 Å². The number of unbranched alkanes of at least 4 members (excludes halogenated alkanes) is 8. The minimum Gasteiger partial charge on any atom is -0.508 e. The zero-order valence-corrected chi connectivity index (χ0v) is 19.8. The fourth-order valence-electron chi connectivity index (χ4n) is 4.14. The summed E-state index contributed by atoms with van der Waals surface area (Å²) in [6.45, 7) is 4.81. The van der Waals surface area contributed by atoms with Crippen molar-refractivity contribution in [3.8, 4) is 11.5 Å². The fourth-order valence-corrected chi connectivity index (χ4v) is 4.14. The Labute approximate surface area is 193 Å². The second kappa shape index (κ2) is 13.8. The minimum absolute atomic E-state index is 0.173. The van der Waals surface area contributed by atoms with Gasteiger partial charge in [-0.25, -0.2) is 0 Å². The maximum atomic E-state index is 12.4. The number of carbonyl (C=O) groups excluding carboxylic acids is 1. The first kappa shape index (κ1) is 25.8. The van der Waals surface area contributed by atoms with Crippen LogP contribution in [0.5, 0.6) is 11.5 Å². The molecule has 0 unspecified atom stereocenters. The van der Waals surface area contributed by atoms with Gasteiger partial charge in [0, 0.05) is 11.8 Å². The molecule has 0 aliphatic carbocycles. The van der Waals surface area contributed by atoms with E-state index >= 15 is 0 Å². The number of hydrogen-bond donors (Lipinski definition) is 2. The molecule has 0 fully saturated rings. The molecule has 0 heterocycles. The molecule has 0 aliphatic heterocycles. The zero-order chi connectivity index (χ0) is 23.2. The molecule has 2 N–H and O–H groups in total. The SMILES string of the molecule is CCCCCCCCCCCOC(=O)CCC(C)(c1ccc(O)cc1)c1ccc(O)cc1. The van der Waals surface area contributed by atoms with Gasteiger partial charge in [0.15, 0.2) is 0 Å². The summed E-state index contributed by atoms with van der Waals surface area (Å²) in [5, 5.41) is 19.3. The van der Waals surface area contributed by atoms with Crippen molar-refractivity contribution in [1.29, 1.82) is 0 Å². The molecule has 0 amide bonds. The largest absolute Gasteiger partial charge is 0.508 e. The predicted molar refractivity (Wildman–Crippen MR) is 130 cm³/mol. The Hall–Kier alpha value is -2.49. The summed E-state index contributed by atoms with van der Waals surface area (Å²) in [4.78, 5) is 12.4. The molecule has 0 saturated carbocycles. The van der Waals surface area contributed by atoms with Crippen LogP contribution >= 0.6 is 0 Å². The maximum absolute atomic E-state index is 12.4. The smallest absolute Gasteiger partial charge is 0.305 e. The Balaban J connectivity index is 1.79. The topological polar surface area (TPSA) is 66.8 Å². The monoisotopic (exact) mass is 440 g/mol. The molecule has 2 aromatic rings. The molecular weight excluding hydrogens is 400 g/mol. The van der Waals surface area contributed by atoms with Gasteiger partial charge in [-0.2, -0.15) is 0 Å². The van der Waals surface area contributed by atoms with E-state index in [0.717, 1.165) is 24.0 Å². The van der Waals surface area contributed by atoms with E-state index in [2.05, 4.69) is 13.8 Å². The van der Waals surface area contributed by atoms with Crippen molar-refractivity contribution in [2.24, 2.45) is 0 Å². The number of aromatic hydroxyl groups is 2. The molecule has 2 rings (SSSR count). The van der Waals surface area contributed by atoms with Crippen molar-refractivity contribution in [1.82, 2.24) is 0 Å². The lowest BCUT2D eigenvalue weighted by atomic mass is 9.73. The normalized spacial score (nSPS) is 11.4. The third-order valence-electron chi connectivity index (χ3n) is 6.35. The average Bonchev–Trinajstić information content (AvgIpc) is 2.79. The Morgan fingerprint density at radius 3 is 1.66 bits per heavy atom. The lowest BCUT2D eigenvalue weighted by molar-refractivity contribution is -0.144. The lowest BCUT2D eigenvalue weighted by Gasteiger charge is -2.31. The van der Waals surface area contributed by atoms with Crippen LogP contribution in [0.15, 0.2) is 48.5 Å². The second-order valence-corrected chi connectivity index (χ2v) is 8.97. The summed E-state index contributed by atoms with van der Waals surface area (Å²) >= 11 is 0. The number of carbonyl (C=O) groups is 1. The van der Waals surface area contributed by atoms with Gasteiger partial charge in [-0.05, 0) is 48.2 Å². The number of phenols is 2. The van der Waals surface area contributed by atoms with Crippen LogP contribution in [-0.4, -0.2) is 22.8 Å². The maximum Gasteiger partial charge on any atom is 0.305 e. The molecule has 0 radical (unpaired) electrons. The van der Waals surface area contributed by atoms with Crippen LogP contribution in [0, 0.1) is 0 Å². The molecule has 4 heteroatoms. The third kappa shape index (κ3) is 8.57. The van der Waals surface area contributed by atoms with Crippen molar-refractivity contribution < 1.29 is 19.7 Å². The van der Waals surface area contributed by atoms with Gasteiger partial charge in [-0.1, -0.05) is 89.5 Å². The zero-order valence-electron chi connectivity index (χ0n) is 19.8. The van der Waals surface area contributed by atoms with Gasteiger partial charge < -0.3 is 14.9 Å². The number of hydrogen-bond acceptors (Lipinski definition) is 4. The van der Waals surface area contributed by atoms with E-state index in [0.29, 0.717) is 19.4 Å². The highest BCUT2D eigenvalue weighted by Crippen LogP contribution is 2.37. The van der Waals surface area contributed by atoms with Crippen LogP contribution < -0.4 is 0 Å². The Bertz CT molecular complexity index is 735. The molecule has 32 heavy (non-hydrogen) atoms. The quantitative estimate of drug-likeness (QED) is 0.226. The number of rotatable bonds is 15. The van der Waals surface area contributed by atoms with Crippen molar-refractivity contribution in [3.63, 3.8) is 0 Å². The van der Waals surface area contributed by atoms with Crippen LogP contribution in [0.4, 0.5) is 0 Å². The minimum atomic E-state index is -0.432. The van der Waals surface area contributed by atoms with Crippen LogP contribution in [0.2, 0.25) is 0 Å². The van der Waals surface area contributed by atoms with E-state index in [1.807, 2.05) is 24.3 Å². The first-order valence-electron chi connectivity index (χ1n) is 12.2. The molecule has 0 saturated heterocycles. The van der Waals surface area contributed by atoms with Crippen molar-refractivity contribution >= 4 is 5.97 Å². The summed E-state index contributed by atoms with van der Waals surface area (Å²) in [6, 6.07) is 14.2. The fraction of sp³-hybridized carbons (Fsp3) is 0.536. The van der Waals surface area contributed by atoms with Crippen LogP contribution in [0.1, 0.15) is 95.6 Å². The average molecular weight is 441 g/mol. The van der Waals surface area contributed by atoms with Gasteiger partial charge in [0.2, 0.25) is 0 Å². The van der Waals surface area contributed by atoms with Crippen LogP contribution in [0.25, 0.3) is 0 Å². The van der Waals surface area contributed by atoms with Gasteiger partial charge in [-0.15, -0.1) is 0 Å². The lowest BCUT2D eigenvalue weighted by Crippen LogP contribution is -2.25. The summed E-state index contributed by atoms with van der Waals surface area (Å²) in [5.41, 5.74) is 1.58. The van der Waals surface area contributed by atoms with Gasteiger partial charge in [0.05, 0.1) is 6.61 Å². The van der Waals surface area contributed by atoms with Crippen molar-refractivity contribution in [2.45, 2.75) is 89.9 Å². The van der Waals surface area contributed by atoms with E-state index in [-0.39, 0.29) is 17.5 Å².